The van der Waals surface area contributed by atoms with E-state index in [9.17, 15) is 0 Å². The lowest BCUT2D eigenvalue weighted by atomic mass is 10.1. The van der Waals surface area contributed by atoms with Gasteiger partial charge < -0.3 is 5.73 Å². The molecule has 11 heavy (non-hydrogen) atoms. The Hall–Kier alpha value is -0.0500. The van der Waals surface area contributed by atoms with Gasteiger partial charge in [0.1, 0.15) is 0 Å². The molecule has 1 fully saturated rings. The summed E-state index contributed by atoms with van der Waals surface area (Å²) in [5, 5.41) is 0.723. The first-order valence-corrected chi connectivity index (χ1v) is 4.37. The summed E-state index contributed by atoms with van der Waals surface area (Å²) in [6, 6.07) is 0.398. The molecule has 1 heterocycles. The lowest BCUT2D eigenvalue weighted by Gasteiger charge is -2.29. The normalized spacial score (nSPS) is 22.0. The summed E-state index contributed by atoms with van der Waals surface area (Å²) in [5.41, 5.74) is 5.75. The molecule has 0 amide bonds. The van der Waals surface area contributed by atoms with Gasteiger partial charge in [-0.05, 0) is 25.9 Å². The Labute approximate surface area is 73.0 Å². The van der Waals surface area contributed by atoms with Crippen LogP contribution in [0, 0.1) is 0 Å². The lowest BCUT2D eigenvalue weighted by Crippen LogP contribution is -2.40. The predicted octanol–water partition coefficient (Wildman–Crippen LogP) is 1.16. The molecule has 0 aliphatic carbocycles. The van der Waals surface area contributed by atoms with Crippen molar-refractivity contribution in [3.05, 3.63) is 11.6 Å². The minimum Gasteiger partial charge on any atom is -0.328 e. The van der Waals surface area contributed by atoms with Crippen LogP contribution < -0.4 is 5.73 Å². The maximum absolute atomic E-state index is 5.75. The molecule has 1 rings (SSSR count). The van der Waals surface area contributed by atoms with Gasteiger partial charge in [0.2, 0.25) is 0 Å². The van der Waals surface area contributed by atoms with Crippen molar-refractivity contribution in [2.75, 3.05) is 19.6 Å². The minimum absolute atomic E-state index is 0.398. The fourth-order valence-corrected chi connectivity index (χ4v) is 1.52. The van der Waals surface area contributed by atoms with Gasteiger partial charge in [-0.25, -0.2) is 0 Å². The first-order chi connectivity index (χ1) is 5.18. The summed E-state index contributed by atoms with van der Waals surface area (Å²) in [6.45, 7) is 6.60. The van der Waals surface area contributed by atoms with Crippen molar-refractivity contribution in [3.8, 4) is 0 Å². The Morgan fingerprint density at radius 1 is 1.55 bits per heavy atom. The molecule has 0 aromatic rings. The molecule has 0 unspecified atom stereocenters. The van der Waals surface area contributed by atoms with E-state index in [4.69, 9.17) is 17.3 Å². The van der Waals surface area contributed by atoms with E-state index in [2.05, 4.69) is 11.5 Å². The molecule has 1 saturated heterocycles. The smallest absolute Gasteiger partial charge is 0.0335 e. The number of nitrogens with two attached hydrogens (primary N) is 1. The van der Waals surface area contributed by atoms with E-state index in [1.54, 1.807) is 0 Å². The van der Waals surface area contributed by atoms with Crippen LogP contribution in [0.25, 0.3) is 0 Å². The van der Waals surface area contributed by atoms with Crippen LogP contribution in [-0.4, -0.2) is 30.6 Å². The number of piperidine rings is 1. The quantitative estimate of drug-likeness (QED) is 0.681. The van der Waals surface area contributed by atoms with Crippen LogP contribution in [0.5, 0.6) is 0 Å². The van der Waals surface area contributed by atoms with E-state index in [0.717, 1.165) is 37.5 Å². The molecule has 0 spiro atoms. The lowest BCUT2D eigenvalue weighted by molar-refractivity contribution is 0.232. The molecule has 3 heteroatoms. The van der Waals surface area contributed by atoms with Crippen molar-refractivity contribution < 1.29 is 0 Å². The third-order valence-corrected chi connectivity index (χ3v) is 2.15. The van der Waals surface area contributed by atoms with Gasteiger partial charge in [-0.1, -0.05) is 18.2 Å². The first-order valence-electron chi connectivity index (χ1n) is 3.99. The number of nitrogens with zero attached hydrogens (tertiary/aromatic N) is 1. The Kier molecular flexibility index (Phi) is 3.37. The second kappa shape index (κ2) is 4.10. The minimum atomic E-state index is 0.398. The molecule has 0 radical (unpaired) electrons. The molecule has 2 nitrogen and oxygen atoms in total. The molecular formula is C8H15ClN2. The molecule has 1 aliphatic heterocycles. The van der Waals surface area contributed by atoms with Crippen molar-refractivity contribution in [2.45, 2.75) is 18.9 Å². The highest BCUT2D eigenvalue weighted by Crippen LogP contribution is 2.10. The summed E-state index contributed by atoms with van der Waals surface area (Å²) >= 11 is 5.68. The third kappa shape index (κ3) is 3.23. The second-order valence-corrected chi connectivity index (χ2v) is 3.67. The second-order valence-electron chi connectivity index (χ2n) is 3.13. The van der Waals surface area contributed by atoms with Gasteiger partial charge in [-0.15, -0.1) is 0 Å². The zero-order valence-corrected chi connectivity index (χ0v) is 7.48. The molecule has 0 aromatic carbocycles. The molecular weight excluding hydrogens is 160 g/mol. The van der Waals surface area contributed by atoms with Crippen molar-refractivity contribution in [3.63, 3.8) is 0 Å². The zero-order chi connectivity index (χ0) is 8.27. The van der Waals surface area contributed by atoms with E-state index in [1.807, 2.05) is 0 Å². The fourth-order valence-electron chi connectivity index (χ4n) is 1.35. The Balaban J connectivity index is 2.22. The summed E-state index contributed by atoms with van der Waals surface area (Å²) in [6.07, 6.45) is 2.17. The highest BCUT2D eigenvalue weighted by molar-refractivity contribution is 6.29. The van der Waals surface area contributed by atoms with Gasteiger partial charge >= 0.3 is 0 Å². The maximum atomic E-state index is 5.75. The van der Waals surface area contributed by atoms with E-state index in [-0.39, 0.29) is 0 Å². The van der Waals surface area contributed by atoms with Gasteiger partial charge in [0.25, 0.3) is 0 Å². The highest BCUT2D eigenvalue weighted by atomic mass is 35.5. The zero-order valence-electron chi connectivity index (χ0n) is 6.72. The Morgan fingerprint density at radius 3 is 2.55 bits per heavy atom. The molecule has 0 aromatic heterocycles. The number of rotatable bonds is 2. The average molecular weight is 175 g/mol. The van der Waals surface area contributed by atoms with Crippen LogP contribution in [0.4, 0.5) is 0 Å². The summed E-state index contributed by atoms with van der Waals surface area (Å²) in [7, 11) is 0. The first kappa shape index (κ1) is 9.04. The molecule has 2 N–H and O–H groups in total. The summed E-state index contributed by atoms with van der Waals surface area (Å²) in [5.74, 6) is 0. The van der Waals surface area contributed by atoms with Crippen LogP contribution >= 0.6 is 11.6 Å². The molecule has 64 valence electrons. The number of hydrogen-bond donors (Lipinski definition) is 1. The number of halogens is 1. The van der Waals surface area contributed by atoms with Gasteiger partial charge in [0.15, 0.2) is 0 Å². The third-order valence-electron chi connectivity index (χ3n) is 2.03. The molecule has 0 atom stereocenters. The van der Waals surface area contributed by atoms with Gasteiger partial charge in [0.05, 0.1) is 0 Å². The van der Waals surface area contributed by atoms with Gasteiger partial charge in [-0.3, -0.25) is 4.90 Å². The van der Waals surface area contributed by atoms with Crippen LogP contribution in [0.3, 0.4) is 0 Å². The standard InChI is InChI=1S/C8H15ClN2/c1-7(9)6-11-4-2-8(10)3-5-11/h8H,1-6,10H2. The Bertz CT molecular complexity index is 139. The van der Waals surface area contributed by atoms with Crippen LogP contribution in [0.2, 0.25) is 0 Å². The van der Waals surface area contributed by atoms with E-state index < -0.39 is 0 Å². The molecule has 0 saturated carbocycles. The Morgan fingerprint density at radius 2 is 2.09 bits per heavy atom. The van der Waals surface area contributed by atoms with E-state index in [0.29, 0.717) is 6.04 Å². The predicted molar refractivity (Wildman–Crippen MR) is 48.6 cm³/mol. The van der Waals surface area contributed by atoms with Crippen molar-refractivity contribution in [1.29, 1.82) is 0 Å². The van der Waals surface area contributed by atoms with Crippen LogP contribution in [0.15, 0.2) is 11.6 Å². The number of hydrogen-bond acceptors (Lipinski definition) is 2. The van der Waals surface area contributed by atoms with Gasteiger partial charge in [0, 0.05) is 17.6 Å². The maximum Gasteiger partial charge on any atom is 0.0335 e. The van der Waals surface area contributed by atoms with Crippen molar-refractivity contribution in [1.82, 2.24) is 4.90 Å². The SMILES string of the molecule is C=C(Cl)CN1CCC(N)CC1. The topological polar surface area (TPSA) is 29.3 Å². The molecule has 1 aliphatic rings. The van der Waals surface area contributed by atoms with Crippen LogP contribution in [-0.2, 0) is 0 Å². The van der Waals surface area contributed by atoms with Crippen molar-refractivity contribution >= 4 is 11.6 Å². The van der Waals surface area contributed by atoms with E-state index >= 15 is 0 Å². The molecule has 0 bridgehead atoms. The largest absolute Gasteiger partial charge is 0.328 e. The highest BCUT2D eigenvalue weighted by Gasteiger charge is 2.15. The average Bonchev–Trinajstić information content (AvgIpc) is 1.93. The van der Waals surface area contributed by atoms with Crippen LogP contribution in [0.1, 0.15) is 12.8 Å². The fraction of sp³-hybridized carbons (Fsp3) is 0.750. The van der Waals surface area contributed by atoms with E-state index in [1.165, 1.54) is 0 Å². The summed E-state index contributed by atoms with van der Waals surface area (Å²) in [4.78, 5) is 2.29. The summed E-state index contributed by atoms with van der Waals surface area (Å²) < 4.78 is 0. The number of likely N-dealkylation sites (tertiary alicyclic amines) is 1. The van der Waals surface area contributed by atoms with Crippen molar-refractivity contribution in [2.24, 2.45) is 5.73 Å². The van der Waals surface area contributed by atoms with Gasteiger partial charge in [-0.2, -0.15) is 0 Å². The monoisotopic (exact) mass is 174 g/mol.